The van der Waals surface area contributed by atoms with E-state index in [1.54, 1.807) is 12.1 Å². The minimum Gasteiger partial charge on any atom is -0.492 e. The van der Waals surface area contributed by atoms with E-state index in [0.717, 1.165) is 22.6 Å². The highest BCUT2D eigenvalue weighted by atomic mass is 35.5. The van der Waals surface area contributed by atoms with Gasteiger partial charge < -0.3 is 14.6 Å². The number of benzene rings is 2. The standard InChI is InChI=1S/C18H18ClN3O2/c19-14-5-7-15(8-6-14)24-12-11-22-17-4-2-1-3-16(17)21-18(22)9-10-20-13-23/h1-8,13H,9-12H2,(H,20,23). The van der Waals surface area contributed by atoms with Gasteiger partial charge in [-0.3, -0.25) is 4.79 Å². The van der Waals surface area contributed by atoms with Gasteiger partial charge in [-0.1, -0.05) is 23.7 Å². The van der Waals surface area contributed by atoms with Crippen LogP contribution in [0.15, 0.2) is 48.5 Å². The van der Waals surface area contributed by atoms with Crippen molar-refractivity contribution in [3.05, 3.63) is 59.4 Å². The molecule has 0 radical (unpaired) electrons. The quantitative estimate of drug-likeness (QED) is 0.505. The summed E-state index contributed by atoms with van der Waals surface area (Å²) in [5.74, 6) is 1.72. The zero-order chi connectivity index (χ0) is 16.8. The highest BCUT2D eigenvalue weighted by Gasteiger charge is 2.10. The molecule has 1 N–H and O–H groups in total. The number of aromatic nitrogens is 2. The molecule has 0 fully saturated rings. The van der Waals surface area contributed by atoms with Crippen molar-refractivity contribution in [2.75, 3.05) is 13.2 Å². The Kier molecular flexibility index (Phi) is 5.33. The van der Waals surface area contributed by atoms with Crippen molar-refractivity contribution in [3.63, 3.8) is 0 Å². The second-order valence-corrected chi connectivity index (χ2v) is 5.73. The van der Waals surface area contributed by atoms with Crippen molar-refractivity contribution >= 4 is 29.0 Å². The van der Waals surface area contributed by atoms with Gasteiger partial charge in [0.1, 0.15) is 18.2 Å². The number of imidazole rings is 1. The number of para-hydroxylation sites is 2. The Morgan fingerprint density at radius 2 is 1.96 bits per heavy atom. The molecular formula is C18H18ClN3O2. The number of nitrogens with one attached hydrogen (secondary N) is 1. The highest BCUT2D eigenvalue weighted by molar-refractivity contribution is 6.30. The van der Waals surface area contributed by atoms with E-state index in [-0.39, 0.29) is 0 Å². The molecule has 0 aliphatic carbocycles. The number of hydrogen-bond acceptors (Lipinski definition) is 3. The summed E-state index contributed by atoms with van der Waals surface area (Å²) >= 11 is 5.87. The third-order valence-corrected chi connectivity index (χ3v) is 3.96. The number of amides is 1. The van der Waals surface area contributed by atoms with Gasteiger partial charge in [0.15, 0.2) is 0 Å². The molecule has 6 heteroatoms. The molecule has 1 heterocycles. The first-order chi connectivity index (χ1) is 11.8. The van der Waals surface area contributed by atoms with Gasteiger partial charge in [0.2, 0.25) is 6.41 Å². The number of halogens is 1. The average molecular weight is 344 g/mol. The molecule has 24 heavy (non-hydrogen) atoms. The Hall–Kier alpha value is -2.53. The summed E-state index contributed by atoms with van der Waals surface area (Å²) in [5.41, 5.74) is 2.02. The molecule has 0 saturated heterocycles. The summed E-state index contributed by atoms with van der Waals surface area (Å²) in [5, 5.41) is 3.37. The van der Waals surface area contributed by atoms with Crippen LogP contribution in [0.2, 0.25) is 5.02 Å². The van der Waals surface area contributed by atoms with Crippen LogP contribution in [0.1, 0.15) is 5.82 Å². The lowest BCUT2D eigenvalue weighted by Gasteiger charge is -2.11. The number of rotatable bonds is 8. The SMILES string of the molecule is O=CNCCc1nc2ccccc2n1CCOc1ccc(Cl)cc1. The van der Waals surface area contributed by atoms with E-state index in [4.69, 9.17) is 16.3 Å². The van der Waals surface area contributed by atoms with Crippen molar-refractivity contribution in [2.45, 2.75) is 13.0 Å². The molecule has 0 unspecified atom stereocenters. The van der Waals surface area contributed by atoms with Gasteiger partial charge in [0.05, 0.1) is 17.6 Å². The van der Waals surface area contributed by atoms with E-state index in [2.05, 4.69) is 14.9 Å². The van der Waals surface area contributed by atoms with Crippen molar-refractivity contribution in [1.29, 1.82) is 0 Å². The fourth-order valence-corrected chi connectivity index (χ4v) is 2.72. The first-order valence-electron chi connectivity index (χ1n) is 7.77. The Labute approximate surface area is 145 Å². The van der Waals surface area contributed by atoms with Gasteiger partial charge >= 0.3 is 0 Å². The maximum Gasteiger partial charge on any atom is 0.207 e. The van der Waals surface area contributed by atoms with Crippen molar-refractivity contribution in [2.24, 2.45) is 0 Å². The predicted octanol–water partition coefficient (Wildman–Crippen LogP) is 3.06. The highest BCUT2D eigenvalue weighted by Crippen LogP contribution is 2.18. The lowest BCUT2D eigenvalue weighted by molar-refractivity contribution is -0.109. The largest absolute Gasteiger partial charge is 0.492 e. The molecule has 0 spiro atoms. The lowest BCUT2D eigenvalue weighted by Crippen LogP contribution is -2.18. The Morgan fingerprint density at radius 3 is 2.75 bits per heavy atom. The minimum absolute atomic E-state index is 0.524. The normalized spacial score (nSPS) is 10.7. The van der Waals surface area contributed by atoms with Crippen LogP contribution in [0.3, 0.4) is 0 Å². The van der Waals surface area contributed by atoms with Crippen molar-refractivity contribution in [3.8, 4) is 5.75 Å². The van der Waals surface area contributed by atoms with E-state index in [1.807, 2.05) is 36.4 Å². The van der Waals surface area contributed by atoms with Gasteiger partial charge in [-0.05, 0) is 36.4 Å². The van der Waals surface area contributed by atoms with Crippen molar-refractivity contribution < 1.29 is 9.53 Å². The van der Waals surface area contributed by atoms with E-state index >= 15 is 0 Å². The predicted molar refractivity (Wildman–Crippen MR) is 94.5 cm³/mol. The molecular weight excluding hydrogens is 326 g/mol. The van der Waals surface area contributed by atoms with Gasteiger partial charge in [0.25, 0.3) is 0 Å². The van der Waals surface area contributed by atoms with E-state index in [9.17, 15) is 4.79 Å². The van der Waals surface area contributed by atoms with Crippen LogP contribution in [0, 0.1) is 0 Å². The van der Waals surface area contributed by atoms with Crippen LogP contribution in [0.4, 0.5) is 0 Å². The van der Waals surface area contributed by atoms with E-state index in [0.29, 0.717) is 37.5 Å². The summed E-state index contributed by atoms with van der Waals surface area (Å²) in [6, 6.07) is 15.3. The van der Waals surface area contributed by atoms with Crippen molar-refractivity contribution in [1.82, 2.24) is 14.9 Å². The summed E-state index contributed by atoms with van der Waals surface area (Å²) in [4.78, 5) is 15.1. The Bertz CT molecular complexity index is 815. The van der Waals surface area contributed by atoms with Crippen LogP contribution in [-0.4, -0.2) is 29.1 Å². The molecule has 124 valence electrons. The fourth-order valence-electron chi connectivity index (χ4n) is 2.59. The fraction of sp³-hybridized carbons (Fsp3) is 0.222. The molecule has 3 rings (SSSR count). The van der Waals surface area contributed by atoms with Crippen LogP contribution in [0.5, 0.6) is 5.75 Å². The van der Waals surface area contributed by atoms with Gasteiger partial charge in [-0.15, -0.1) is 0 Å². The van der Waals surface area contributed by atoms with Crippen LogP contribution < -0.4 is 10.1 Å². The molecule has 0 bridgehead atoms. The number of carbonyl (C=O) groups is 1. The lowest BCUT2D eigenvalue weighted by atomic mass is 10.3. The van der Waals surface area contributed by atoms with Crippen LogP contribution in [-0.2, 0) is 17.8 Å². The molecule has 0 saturated carbocycles. The molecule has 0 aliphatic rings. The summed E-state index contributed by atoms with van der Waals surface area (Å²) in [7, 11) is 0. The molecule has 0 aliphatic heterocycles. The summed E-state index contributed by atoms with van der Waals surface area (Å²) in [6.45, 7) is 1.76. The van der Waals surface area contributed by atoms with E-state index in [1.165, 1.54) is 0 Å². The van der Waals surface area contributed by atoms with Gasteiger partial charge in [0, 0.05) is 18.0 Å². The summed E-state index contributed by atoms with van der Waals surface area (Å²) < 4.78 is 7.92. The van der Waals surface area contributed by atoms with Gasteiger partial charge in [-0.25, -0.2) is 4.98 Å². The number of carbonyl (C=O) groups excluding carboxylic acids is 1. The maximum atomic E-state index is 10.4. The number of nitrogens with zero attached hydrogens (tertiary/aromatic N) is 2. The third-order valence-electron chi connectivity index (χ3n) is 3.71. The number of hydrogen-bond donors (Lipinski definition) is 1. The molecule has 1 aromatic heterocycles. The Balaban J connectivity index is 1.72. The average Bonchev–Trinajstić information content (AvgIpc) is 2.95. The maximum absolute atomic E-state index is 10.4. The molecule has 5 nitrogen and oxygen atoms in total. The second-order valence-electron chi connectivity index (χ2n) is 5.29. The zero-order valence-corrected chi connectivity index (χ0v) is 13.9. The molecule has 1 amide bonds. The molecule has 0 atom stereocenters. The monoisotopic (exact) mass is 343 g/mol. The Morgan fingerprint density at radius 1 is 1.17 bits per heavy atom. The smallest absolute Gasteiger partial charge is 0.207 e. The first kappa shape index (κ1) is 16.3. The minimum atomic E-state index is 0.524. The third kappa shape index (κ3) is 3.86. The van der Waals surface area contributed by atoms with Crippen LogP contribution in [0.25, 0.3) is 11.0 Å². The molecule has 2 aromatic carbocycles. The number of fused-ring (bicyclic) bond motifs is 1. The summed E-state index contributed by atoms with van der Waals surface area (Å²) in [6.07, 6.45) is 1.38. The van der Waals surface area contributed by atoms with E-state index < -0.39 is 0 Å². The number of ether oxygens (including phenoxy) is 1. The molecule has 3 aromatic rings. The van der Waals surface area contributed by atoms with Crippen LogP contribution >= 0.6 is 11.6 Å². The zero-order valence-electron chi connectivity index (χ0n) is 13.1. The first-order valence-corrected chi connectivity index (χ1v) is 8.15. The van der Waals surface area contributed by atoms with Gasteiger partial charge in [-0.2, -0.15) is 0 Å². The second kappa shape index (κ2) is 7.84. The topological polar surface area (TPSA) is 56.2 Å².